The van der Waals surface area contributed by atoms with E-state index in [0.29, 0.717) is 27.8 Å². The van der Waals surface area contributed by atoms with Crippen LogP contribution in [0, 0.1) is 6.92 Å². The first-order valence-electron chi connectivity index (χ1n) is 13.7. The zero-order valence-electron chi connectivity index (χ0n) is 24.3. The Morgan fingerprint density at radius 3 is 2.44 bits per heavy atom. The predicted octanol–water partition coefficient (Wildman–Crippen LogP) is 6.69. The number of anilines is 2. The van der Waals surface area contributed by atoms with Gasteiger partial charge in [0.15, 0.2) is 5.17 Å². The quantitative estimate of drug-likeness (QED) is 0.214. The molecule has 232 valence electrons. The summed E-state index contributed by atoms with van der Waals surface area (Å²) in [6, 6.07) is 16.8. The number of nitrogens with zero attached hydrogens (tertiary/aromatic N) is 5. The highest BCUT2D eigenvalue weighted by molar-refractivity contribution is 8.15. The number of carbonyl (C=O) groups excluding carboxylic acids is 3. The van der Waals surface area contributed by atoms with Crippen molar-refractivity contribution in [2.75, 3.05) is 16.0 Å². The zero-order chi connectivity index (χ0) is 32.3. The Hall–Kier alpha value is -4.98. The number of amides is 3. The third kappa shape index (κ3) is 7.76. The highest BCUT2D eigenvalue weighted by Gasteiger charge is 2.33. The number of amidine groups is 1. The van der Waals surface area contributed by atoms with E-state index in [2.05, 4.69) is 25.1 Å². The van der Waals surface area contributed by atoms with Crippen LogP contribution in [-0.2, 0) is 11.2 Å². The van der Waals surface area contributed by atoms with Crippen LogP contribution in [0.25, 0.3) is 5.69 Å². The number of alkyl halides is 3. The molecule has 0 aliphatic carbocycles. The molecule has 3 aromatic carbocycles. The topological polar surface area (TPSA) is 119 Å². The predicted molar refractivity (Wildman–Crippen MR) is 164 cm³/mol. The number of aromatic nitrogens is 3. The van der Waals surface area contributed by atoms with Crippen LogP contribution in [-0.4, -0.2) is 49.8 Å². The number of hydrogen-bond acceptors (Lipinski definition) is 7. The number of ketones is 1. The molecular formula is C31H27F3N6O4S. The largest absolute Gasteiger partial charge is 0.573 e. The molecule has 45 heavy (non-hydrogen) atoms. The van der Waals surface area contributed by atoms with E-state index in [1.165, 1.54) is 39.8 Å². The maximum absolute atomic E-state index is 12.8. The van der Waals surface area contributed by atoms with Gasteiger partial charge in [-0.15, -0.1) is 18.3 Å². The Morgan fingerprint density at radius 1 is 1.07 bits per heavy atom. The molecule has 3 amide bonds. The highest BCUT2D eigenvalue weighted by Crippen LogP contribution is 2.34. The number of thioether (sulfide) groups is 1. The highest BCUT2D eigenvalue weighted by atomic mass is 32.2. The average Bonchev–Trinajstić information content (AvgIpc) is 3.60. The van der Waals surface area contributed by atoms with Gasteiger partial charge in [-0.3, -0.25) is 14.5 Å². The van der Waals surface area contributed by atoms with Gasteiger partial charge in [0.25, 0.3) is 0 Å². The van der Waals surface area contributed by atoms with Crippen molar-refractivity contribution in [2.24, 2.45) is 4.99 Å². The van der Waals surface area contributed by atoms with Crippen LogP contribution in [0.2, 0.25) is 0 Å². The van der Waals surface area contributed by atoms with E-state index in [4.69, 9.17) is 0 Å². The molecule has 1 aromatic heterocycles. The molecule has 0 spiro atoms. The van der Waals surface area contributed by atoms with Gasteiger partial charge in [0.05, 0.1) is 17.1 Å². The molecule has 1 aliphatic rings. The third-order valence-electron chi connectivity index (χ3n) is 6.66. The molecule has 0 unspecified atom stereocenters. The van der Waals surface area contributed by atoms with Crippen LogP contribution in [0.5, 0.6) is 5.75 Å². The summed E-state index contributed by atoms with van der Waals surface area (Å²) < 4.78 is 42.3. The molecule has 1 fully saturated rings. The molecule has 0 radical (unpaired) electrons. The van der Waals surface area contributed by atoms with Gasteiger partial charge in [0.2, 0.25) is 17.5 Å². The van der Waals surface area contributed by atoms with Crippen molar-refractivity contribution >= 4 is 46.0 Å². The Morgan fingerprint density at radius 2 is 1.78 bits per heavy atom. The fourth-order valence-corrected chi connectivity index (χ4v) is 5.40. The second kappa shape index (κ2) is 12.9. The van der Waals surface area contributed by atoms with Gasteiger partial charge >= 0.3 is 12.4 Å². The normalized spacial score (nSPS) is 14.3. The minimum absolute atomic E-state index is 0.0265. The second-order valence-electron chi connectivity index (χ2n) is 10.4. The Bertz CT molecular complexity index is 1770. The van der Waals surface area contributed by atoms with Crippen LogP contribution < -0.4 is 15.0 Å². The molecule has 0 saturated carbocycles. The summed E-state index contributed by atoms with van der Waals surface area (Å²) in [6.45, 7) is 6.01. The first-order valence-corrected chi connectivity index (χ1v) is 14.7. The minimum atomic E-state index is -4.80. The van der Waals surface area contributed by atoms with Crippen molar-refractivity contribution in [3.8, 4) is 11.4 Å². The number of halogens is 3. The van der Waals surface area contributed by atoms with Gasteiger partial charge in [-0.1, -0.05) is 49.9 Å². The monoisotopic (exact) mass is 636 g/mol. The van der Waals surface area contributed by atoms with Gasteiger partial charge in [0, 0.05) is 12.1 Å². The smallest absolute Gasteiger partial charge is 0.406 e. The molecule has 2 heterocycles. The summed E-state index contributed by atoms with van der Waals surface area (Å²) in [5, 5.41) is 7.12. The average molecular weight is 637 g/mol. The maximum atomic E-state index is 12.8. The van der Waals surface area contributed by atoms with Crippen molar-refractivity contribution in [3.63, 3.8) is 0 Å². The van der Waals surface area contributed by atoms with Gasteiger partial charge in [0.1, 0.15) is 12.1 Å². The van der Waals surface area contributed by atoms with E-state index >= 15 is 0 Å². The lowest BCUT2D eigenvalue weighted by Crippen LogP contribution is -2.31. The fourth-order valence-electron chi connectivity index (χ4n) is 4.54. The summed E-state index contributed by atoms with van der Waals surface area (Å²) in [7, 11) is 0. The maximum Gasteiger partial charge on any atom is 0.573 e. The van der Waals surface area contributed by atoms with Gasteiger partial charge in [-0.2, -0.15) is 4.99 Å². The molecular weight excluding hydrogens is 609 g/mol. The van der Waals surface area contributed by atoms with E-state index in [-0.39, 0.29) is 41.4 Å². The second-order valence-corrected chi connectivity index (χ2v) is 11.4. The van der Waals surface area contributed by atoms with Crippen molar-refractivity contribution in [1.82, 2.24) is 14.8 Å². The SMILES string of the molecule is Cc1ccc(C(C)C)c(N2C(=O)CSC2=NC(=O)Nc2ccc(CC(=O)c3ncn(-c4ccc(OC(F)(F)F)cc4)n3)cc2)c1. The van der Waals surface area contributed by atoms with Crippen LogP contribution in [0.4, 0.5) is 29.3 Å². The lowest BCUT2D eigenvalue weighted by Gasteiger charge is -2.22. The molecule has 14 heteroatoms. The zero-order valence-corrected chi connectivity index (χ0v) is 25.1. The number of nitrogens with one attached hydrogen (secondary N) is 1. The van der Waals surface area contributed by atoms with E-state index in [1.807, 2.05) is 39.0 Å². The van der Waals surface area contributed by atoms with Gasteiger partial charge in [-0.05, 0) is 72.0 Å². The van der Waals surface area contributed by atoms with Gasteiger partial charge in [-0.25, -0.2) is 14.5 Å². The van der Waals surface area contributed by atoms with Crippen molar-refractivity contribution in [1.29, 1.82) is 0 Å². The summed E-state index contributed by atoms with van der Waals surface area (Å²) in [6.07, 6.45) is -3.54. The Labute approximate surface area is 260 Å². The number of ether oxygens (including phenoxy) is 1. The Kier molecular flexibility index (Phi) is 9.04. The number of hydrogen-bond donors (Lipinski definition) is 1. The summed E-state index contributed by atoms with van der Waals surface area (Å²) in [4.78, 5) is 48.1. The first kappa shape index (κ1) is 31.4. The van der Waals surface area contributed by atoms with Crippen LogP contribution in [0.3, 0.4) is 0 Å². The van der Waals surface area contributed by atoms with Crippen LogP contribution in [0.15, 0.2) is 78.0 Å². The summed E-state index contributed by atoms with van der Waals surface area (Å²) in [5.74, 6) is -0.646. The molecule has 0 bridgehead atoms. The van der Waals surface area contributed by atoms with Gasteiger partial charge < -0.3 is 10.1 Å². The fraction of sp³-hybridized carbons (Fsp3) is 0.226. The van der Waals surface area contributed by atoms with Crippen molar-refractivity contribution in [3.05, 3.63) is 95.6 Å². The lowest BCUT2D eigenvalue weighted by atomic mass is 9.99. The molecule has 10 nitrogen and oxygen atoms in total. The summed E-state index contributed by atoms with van der Waals surface area (Å²) in [5.41, 5.74) is 4.15. The number of aliphatic imine (C=N–C) groups is 1. The number of urea groups is 1. The number of Topliss-reactive ketones (excluding diaryl/α,β-unsaturated/α-hetero) is 1. The molecule has 5 rings (SSSR count). The Balaban J connectivity index is 1.21. The standard InChI is InChI=1S/C31H27F3N6O4S/c1-18(2)24-13-4-19(3)14-25(24)40-27(42)16-45-30(40)37-29(43)36-21-7-5-20(6-8-21)15-26(41)28-35-17-39(38-28)22-9-11-23(12-10-22)44-31(32,33)34/h4-14,17-18H,15-16H2,1-3H3,(H,36,43). The number of benzene rings is 3. The number of rotatable bonds is 8. The third-order valence-corrected chi connectivity index (χ3v) is 7.58. The van der Waals surface area contributed by atoms with Crippen LogP contribution in [0.1, 0.15) is 47.1 Å². The number of aryl methyl sites for hydroxylation is 1. The number of carbonyl (C=O) groups is 3. The van der Waals surface area contributed by atoms with Crippen LogP contribution >= 0.6 is 11.8 Å². The minimum Gasteiger partial charge on any atom is -0.406 e. The van der Waals surface area contributed by atoms with Crippen molar-refractivity contribution in [2.45, 2.75) is 39.5 Å². The van der Waals surface area contributed by atoms with Crippen molar-refractivity contribution < 1.29 is 32.3 Å². The van der Waals surface area contributed by atoms with E-state index in [0.717, 1.165) is 23.3 Å². The molecule has 0 atom stereocenters. The van der Waals surface area contributed by atoms with E-state index in [1.54, 1.807) is 24.3 Å². The molecule has 1 N–H and O–H groups in total. The van der Waals surface area contributed by atoms with E-state index in [9.17, 15) is 27.6 Å². The summed E-state index contributed by atoms with van der Waals surface area (Å²) >= 11 is 1.20. The molecule has 1 saturated heterocycles. The van der Waals surface area contributed by atoms with E-state index < -0.39 is 12.4 Å². The first-order chi connectivity index (χ1) is 21.4. The lowest BCUT2D eigenvalue weighted by molar-refractivity contribution is -0.274. The molecule has 4 aromatic rings. The molecule has 1 aliphatic heterocycles.